The van der Waals surface area contributed by atoms with E-state index in [0.717, 1.165) is 16.5 Å². The number of carbonyl (C=O) groups is 2. The quantitative estimate of drug-likeness (QED) is 0.713. The topological polar surface area (TPSA) is 96.9 Å². The van der Waals surface area contributed by atoms with Crippen LogP contribution in [0.25, 0.3) is 22.0 Å². The SMILES string of the molecule is C=CC(=O)Nc1cncc(-c2ccc3cnc(C(=O)NC)nc3c2)c1. The Hall–Kier alpha value is -3.61. The van der Waals surface area contributed by atoms with Crippen LogP contribution in [0.4, 0.5) is 5.69 Å². The van der Waals surface area contributed by atoms with E-state index in [0.29, 0.717) is 11.2 Å². The number of amides is 2. The normalized spacial score (nSPS) is 10.3. The molecule has 0 aliphatic rings. The lowest BCUT2D eigenvalue weighted by Crippen LogP contribution is -2.20. The first kappa shape index (κ1) is 16.3. The second-order valence-electron chi connectivity index (χ2n) is 5.20. The Labute approximate surface area is 143 Å². The minimum atomic E-state index is -0.344. The standard InChI is InChI=1S/C18H15N5O2/c1-3-16(24)22-14-6-13(8-20-10-14)11-4-5-12-9-21-17(18(25)19-2)23-15(12)7-11/h3-10H,1H2,2H3,(H,19,25)(H,22,24). The average Bonchev–Trinajstić information content (AvgIpc) is 2.66. The predicted molar refractivity (Wildman–Crippen MR) is 95.0 cm³/mol. The van der Waals surface area contributed by atoms with Gasteiger partial charge in [0.1, 0.15) is 0 Å². The summed E-state index contributed by atoms with van der Waals surface area (Å²) in [6, 6.07) is 7.42. The molecule has 1 aromatic carbocycles. The van der Waals surface area contributed by atoms with Crippen LogP contribution in [0.2, 0.25) is 0 Å². The Bertz CT molecular complexity index is 984. The highest BCUT2D eigenvalue weighted by Gasteiger charge is 2.09. The van der Waals surface area contributed by atoms with Gasteiger partial charge in [0.15, 0.2) is 0 Å². The monoisotopic (exact) mass is 333 g/mol. The van der Waals surface area contributed by atoms with Crippen LogP contribution in [0.15, 0.2) is 55.5 Å². The molecule has 0 saturated heterocycles. The maximum absolute atomic E-state index is 11.7. The molecular formula is C18H15N5O2. The molecule has 0 radical (unpaired) electrons. The van der Waals surface area contributed by atoms with Gasteiger partial charge in [0.25, 0.3) is 5.91 Å². The largest absolute Gasteiger partial charge is 0.352 e. The number of pyridine rings is 1. The summed E-state index contributed by atoms with van der Waals surface area (Å²) >= 11 is 0. The van der Waals surface area contributed by atoms with Gasteiger partial charge in [-0.25, -0.2) is 9.97 Å². The smallest absolute Gasteiger partial charge is 0.288 e. The minimum Gasteiger partial charge on any atom is -0.352 e. The number of hydrogen-bond acceptors (Lipinski definition) is 5. The van der Waals surface area contributed by atoms with Gasteiger partial charge in [0, 0.05) is 30.4 Å². The molecule has 3 aromatic rings. The molecule has 0 fully saturated rings. The predicted octanol–water partition coefficient (Wildman–Crippen LogP) is 2.18. The Balaban J connectivity index is 2.00. The van der Waals surface area contributed by atoms with Crippen molar-refractivity contribution in [2.75, 3.05) is 12.4 Å². The third kappa shape index (κ3) is 3.50. The maximum Gasteiger partial charge on any atom is 0.288 e. The van der Waals surface area contributed by atoms with Crippen molar-refractivity contribution in [3.8, 4) is 11.1 Å². The molecule has 2 N–H and O–H groups in total. The average molecular weight is 333 g/mol. The zero-order valence-corrected chi connectivity index (χ0v) is 13.5. The highest BCUT2D eigenvalue weighted by Crippen LogP contribution is 2.24. The Morgan fingerprint density at radius 3 is 2.72 bits per heavy atom. The molecule has 0 spiro atoms. The molecule has 0 aliphatic heterocycles. The summed E-state index contributed by atoms with van der Waals surface area (Å²) in [4.78, 5) is 35.6. The molecule has 2 amide bonds. The number of benzene rings is 1. The Morgan fingerprint density at radius 2 is 1.96 bits per heavy atom. The number of hydrogen-bond donors (Lipinski definition) is 2. The van der Waals surface area contributed by atoms with Gasteiger partial charge in [0.2, 0.25) is 11.7 Å². The lowest BCUT2D eigenvalue weighted by molar-refractivity contribution is -0.111. The lowest BCUT2D eigenvalue weighted by atomic mass is 10.1. The van der Waals surface area contributed by atoms with Gasteiger partial charge in [-0.15, -0.1) is 0 Å². The van der Waals surface area contributed by atoms with Gasteiger partial charge >= 0.3 is 0 Å². The highest BCUT2D eigenvalue weighted by molar-refractivity contribution is 5.99. The number of fused-ring (bicyclic) bond motifs is 1. The zero-order valence-electron chi connectivity index (χ0n) is 13.5. The van der Waals surface area contributed by atoms with Crippen molar-refractivity contribution in [1.29, 1.82) is 0 Å². The van der Waals surface area contributed by atoms with Crippen molar-refractivity contribution in [3.05, 3.63) is 61.3 Å². The minimum absolute atomic E-state index is 0.109. The number of carbonyl (C=O) groups excluding carboxylic acids is 2. The summed E-state index contributed by atoms with van der Waals surface area (Å²) in [6.45, 7) is 3.42. The Morgan fingerprint density at radius 1 is 1.12 bits per heavy atom. The van der Waals surface area contributed by atoms with Crippen LogP contribution >= 0.6 is 0 Å². The fraction of sp³-hybridized carbons (Fsp3) is 0.0556. The van der Waals surface area contributed by atoms with Crippen molar-refractivity contribution in [3.63, 3.8) is 0 Å². The van der Waals surface area contributed by atoms with Gasteiger partial charge in [-0.1, -0.05) is 18.7 Å². The summed E-state index contributed by atoms with van der Waals surface area (Å²) in [7, 11) is 1.53. The van der Waals surface area contributed by atoms with Crippen LogP contribution in [-0.2, 0) is 4.79 Å². The van der Waals surface area contributed by atoms with Crippen molar-refractivity contribution in [2.24, 2.45) is 0 Å². The number of anilines is 1. The second kappa shape index (κ2) is 6.88. The van der Waals surface area contributed by atoms with Gasteiger partial charge in [-0.2, -0.15) is 0 Å². The lowest BCUT2D eigenvalue weighted by Gasteiger charge is -2.07. The van der Waals surface area contributed by atoms with Gasteiger partial charge in [-0.05, 0) is 23.8 Å². The van der Waals surface area contributed by atoms with Crippen LogP contribution in [0, 0.1) is 0 Å². The number of nitrogens with one attached hydrogen (secondary N) is 2. The van der Waals surface area contributed by atoms with E-state index in [4.69, 9.17) is 0 Å². The van der Waals surface area contributed by atoms with Gasteiger partial charge in [0.05, 0.1) is 17.4 Å². The van der Waals surface area contributed by atoms with E-state index in [1.54, 1.807) is 24.7 Å². The third-order valence-corrected chi connectivity index (χ3v) is 3.54. The van der Waals surface area contributed by atoms with Crippen molar-refractivity contribution >= 4 is 28.4 Å². The van der Waals surface area contributed by atoms with Crippen LogP contribution in [-0.4, -0.2) is 33.8 Å². The molecule has 0 bridgehead atoms. The molecule has 3 rings (SSSR count). The van der Waals surface area contributed by atoms with Crippen molar-refractivity contribution in [1.82, 2.24) is 20.3 Å². The number of nitrogens with zero attached hydrogens (tertiary/aromatic N) is 3. The van der Waals surface area contributed by atoms with E-state index in [9.17, 15) is 9.59 Å². The zero-order chi connectivity index (χ0) is 17.8. The fourth-order valence-electron chi connectivity index (χ4n) is 2.28. The van der Waals surface area contributed by atoms with Gasteiger partial charge in [-0.3, -0.25) is 14.6 Å². The van der Waals surface area contributed by atoms with Crippen molar-refractivity contribution < 1.29 is 9.59 Å². The van der Waals surface area contributed by atoms with Crippen LogP contribution in [0.5, 0.6) is 0 Å². The molecule has 124 valence electrons. The molecule has 7 nitrogen and oxygen atoms in total. The maximum atomic E-state index is 11.7. The molecule has 7 heteroatoms. The first-order valence-electron chi connectivity index (χ1n) is 7.48. The summed E-state index contributed by atoms with van der Waals surface area (Å²) in [5.41, 5.74) is 2.88. The van der Waals surface area contributed by atoms with E-state index >= 15 is 0 Å². The molecule has 2 aromatic heterocycles. The van der Waals surface area contributed by atoms with E-state index in [-0.39, 0.29) is 17.6 Å². The van der Waals surface area contributed by atoms with Gasteiger partial charge < -0.3 is 10.6 Å². The molecule has 0 aliphatic carbocycles. The molecule has 2 heterocycles. The second-order valence-corrected chi connectivity index (χ2v) is 5.20. The highest BCUT2D eigenvalue weighted by atomic mass is 16.2. The molecule has 0 atom stereocenters. The third-order valence-electron chi connectivity index (χ3n) is 3.54. The molecule has 0 unspecified atom stereocenters. The van der Waals surface area contributed by atoms with E-state index in [1.807, 2.05) is 18.2 Å². The Kier molecular flexibility index (Phi) is 4.47. The van der Waals surface area contributed by atoms with Crippen LogP contribution < -0.4 is 10.6 Å². The number of rotatable bonds is 4. The van der Waals surface area contributed by atoms with Crippen LogP contribution in [0.3, 0.4) is 0 Å². The summed E-state index contributed by atoms with van der Waals surface area (Å²) in [5.74, 6) is -0.541. The first-order valence-corrected chi connectivity index (χ1v) is 7.48. The molecule has 0 saturated carbocycles. The van der Waals surface area contributed by atoms with E-state index < -0.39 is 0 Å². The van der Waals surface area contributed by atoms with E-state index in [2.05, 4.69) is 32.2 Å². The van der Waals surface area contributed by atoms with E-state index in [1.165, 1.54) is 13.1 Å². The first-order chi connectivity index (χ1) is 12.1. The summed E-state index contributed by atoms with van der Waals surface area (Å²) < 4.78 is 0. The molecular weight excluding hydrogens is 318 g/mol. The molecule has 25 heavy (non-hydrogen) atoms. The van der Waals surface area contributed by atoms with Crippen LogP contribution in [0.1, 0.15) is 10.6 Å². The number of aromatic nitrogens is 3. The summed E-state index contributed by atoms with van der Waals surface area (Å²) in [5, 5.41) is 5.99. The van der Waals surface area contributed by atoms with Crippen molar-refractivity contribution in [2.45, 2.75) is 0 Å². The summed E-state index contributed by atoms with van der Waals surface area (Å²) in [6.07, 6.45) is 6.04. The fourth-order valence-corrected chi connectivity index (χ4v) is 2.28.